The Morgan fingerprint density at radius 1 is 1.08 bits per heavy atom. The largest absolute Gasteiger partial charge is 0.459 e. The van der Waals surface area contributed by atoms with Gasteiger partial charge in [-0.05, 0) is 43.9 Å². The molecule has 1 aromatic heterocycles. The predicted molar refractivity (Wildman–Crippen MR) is 97.0 cm³/mol. The van der Waals surface area contributed by atoms with E-state index in [2.05, 4.69) is 19.2 Å². The zero-order valence-electron chi connectivity index (χ0n) is 14.9. The van der Waals surface area contributed by atoms with Crippen molar-refractivity contribution < 1.29 is 17.6 Å². The molecule has 1 atom stereocenters. The maximum absolute atomic E-state index is 12.5. The van der Waals surface area contributed by atoms with Crippen molar-refractivity contribution in [2.24, 2.45) is 5.92 Å². The van der Waals surface area contributed by atoms with Gasteiger partial charge in [0.1, 0.15) is 0 Å². The van der Waals surface area contributed by atoms with E-state index in [9.17, 15) is 13.2 Å². The molecule has 0 spiro atoms. The summed E-state index contributed by atoms with van der Waals surface area (Å²) >= 11 is 0. The summed E-state index contributed by atoms with van der Waals surface area (Å²) in [5.74, 6) is -0.0126. The molecule has 0 fully saturated rings. The van der Waals surface area contributed by atoms with E-state index < -0.39 is 9.84 Å². The minimum absolute atomic E-state index is 0.00131. The number of nitrogens with one attached hydrogen (secondary N) is 1. The molecule has 0 saturated carbocycles. The van der Waals surface area contributed by atoms with Crippen LogP contribution in [0.1, 0.15) is 49.7 Å². The Hall–Kier alpha value is -2.08. The second-order valence-electron chi connectivity index (χ2n) is 6.69. The highest BCUT2D eigenvalue weighted by Gasteiger charge is 2.23. The van der Waals surface area contributed by atoms with Crippen LogP contribution in [-0.4, -0.2) is 20.4 Å². The van der Waals surface area contributed by atoms with Crippen LogP contribution in [0.25, 0.3) is 0 Å². The topological polar surface area (TPSA) is 76.4 Å². The smallest absolute Gasteiger partial charge is 0.287 e. The molecule has 1 amide bonds. The van der Waals surface area contributed by atoms with Crippen LogP contribution in [0.2, 0.25) is 0 Å². The fourth-order valence-electron chi connectivity index (χ4n) is 2.51. The van der Waals surface area contributed by atoms with Gasteiger partial charge in [0.2, 0.25) is 0 Å². The van der Waals surface area contributed by atoms with Gasteiger partial charge in [-0.3, -0.25) is 4.79 Å². The minimum Gasteiger partial charge on any atom is -0.459 e. The highest BCUT2D eigenvalue weighted by Crippen LogP contribution is 2.20. The average molecular weight is 363 g/mol. The van der Waals surface area contributed by atoms with Crippen molar-refractivity contribution in [2.75, 3.05) is 0 Å². The number of benzene rings is 1. The van der Waals surface area contributed by atoms with E-state index in [4.69, 9.17) is 4.42 Å². The summed E-state index contributed by atoms with van der Waals surface area (Å²) in [6, 6.07) is 9.73. The average Bonchev–Trinajstić information content (AvgIpc) is 3.01. The van der Waals surface area contributed by atoms with Gasteiger partial charge in [-0.2, -0.15) is 0 Å². The number of rotatable bonds is 8. The summed E-state index contributed by atoms with van der Waals surface area (Å²) in [5, 5.41) is 2.88. The zero-order chi connectivity index (χ0) is 18.4. The Bertz CT molecular complexity index is 794. The number of carbonyl (C=O) groups is 1. The molecule has 1 heterocycles. The Kier molecular flexibility index (Phi) is 6.42. The van der Waals surface area contributed by atoms with Crippen molar-refractivity contribution in [2.45, 2.75) is 50.3 Å². The maximum Gasteiger partial charge on any atom is 0.287 e. The van der Waals surface area contributed by atoms with Crippen LogP contribution in [0.3, 0.4) is 0 Å². The molecule has 6 heteroatoms. The number of hydrogen-bond donors (Lipinski definition) is 1. The van der Waals surface area contributed by atoms with Crippen molar-refractivity contribution >= 4 is 15.7 Å². The normalized spacial score (nSPS) is 13.0. The van der Waals surface area contributed by atoms with Crippen LogP contribution in [0.15, 0.2) is 52.0 Å². The van der Waals surface area contributed by atoms with Crippen LogP contribution in [0, 0.1) is 5.92 Å². The van der Waals surface area contributed by atoms with Gasteiger partial charge >= 0.3 is 0 Å². The number of amides is 1. The van der Waals surface area contributed by atoms with E-state index in [0.717, 1.165) is 12.8 Å². The number of sulfone groups is 1. The van der Waals surface area contributed by atoms with Gasteiger partial charge in [0, 0.05) is 11.6 Å². The lowest BCUT2D eigenvalue weighted by Gasteiger charge is -2.14. The summed E-state index contributed by atoms with van der Waals surface area (Å²) in [7, 11) is -3.53. The van der Waals surface area contributed by atoms with E-state index in [1.165, 1.54) is 12.3 Å². The molecule has 1 N–H and O–H groups in total. The molecule has 0 aliphatic carbocycles. The van der Waals surface area contributed by atoms with E-state index in [1.54, 1.807) is 30.3 Å². The van der Waals surface area contributed by atoms with Gasteiger partial charge < -0.3 is 9.73 Å². The number of furan rings is 1. The van der Waals surface area contributed by atoms with Crippen LogP contribution >= 0.6 is 0 Å². The van der Waals surface area contributed by atoms with Crippen LogP contribution in [-0.2, 0) is 15.6 Å². The van der Waals surface area contributed by atoms with Gasteiger partial charge in [0.05, 0.1) is 16.9 Å². The predicted octanol–water partition coefficient (Wildman–Crippen LogP) is 3.81. The number of carbonyl (C=O) groups excluding carboxylic acids is 1. The quantitative estimate of drug-likeness (QED) is 0.774. The zero-order valence-corrected chi connectivity index (χ0v) is 15.7. The summed E-state index contributed by atoms with van der Waals surface area (Å²) in [4.78, 5) is 12.6. The fourth-order valence-corrected chi connectivity index (χ4v) is 3.88. The van der Waals surface area contributed by atoms with Crippen LogP contribution < -0.4 is 5.32 Å². The summed E-state index contributed by atoms with van der Waals surface area (Å²) in [5.41, 5.74) is 0.373. The van der Waals surface area contributed by atoms with Crippen molar-refractivity contribution in [1.29, 1.82) is 0 Å². The molecule has 1 aromatic carbocycles. The molecule has 5 nitrogen and oxygen atoms in total. The highest BCUT2D eigenvalue weighted by molar-refractivity contribution is 7.90. The Morgan fingerprint density at radius 2 is 1.76 bits per heavy atom. The molecule has 2 rings (SSSR count). The van der Waals surface area contributed by atoms with Crippen molar-refractivity contribution in [3.63, 3.8) is 0 Å². The first-order valence-corrected chi connectivity index (χ1v) is 10.1. The standard InChI is InChI=1S/C19H25NO4S/c1-14(2)9-10-15(3)20-19(21)18-16(11-12-24-18)13-25(22,23)17-7-5-4-6-8-17/h4-8,11-12,14-15H,9-10,13H2,1-3H3,(H,20,21). The summed E-state index contributed by atoms with van der Waals surface area (Å²) in [6.07, 6.45) is 3.22. The molecule has 0 radical (unpaired) electrons. The Morgan fingerprint density at radius 3 is 2.40 bits per heavy atom. The fraction of sp³-hybridized carbons (Fsp3) is 0.421. The minimum atomic E-state index is -3.53. The van der Waals surface area contributed by atoms with Gasteiger partial charge in [-0.1, -0.05) is 32.0 Å². The van der Waals surface area contributed by atoms with Crippen molar-refractivity contribution in [3.05, 3.63) is 54.0 Å². The third kappa shape index (κ3) is 5.46. The van der Waals surface area contributed by atoms with Gasteiger partial charge in [-0.25, -0.2) is 8.42 Å². The lowest BCUT2D eigenvalue weighted by atomic mass is 10.0. The lowest BCUT2D eigenvalue weighted by molar-refractivity contribution is 0.0908. The van der Waals surface area contributed by atoms with E-state index >= 15 is 0 Å². The molecular formula is C19H25NO4S. The molecular weight excluding hydrogens is 338 g/mol. The maximum atomic E-state index is 12.5. The van der Waals surface area contributed by atoms with Crippen molar-refractivity contribution in [1.82, 2.24) is 5.32 Å². The first-order chi connectivity index (χ1) is 11.8. The Balaban J connectivity index is 2.08. The molecule has 0 aliphatic rings. The number of hydrogen-bond acceptors (Lipinski definition) is 4. The van der Waals surface area contributed by atoms with E-state index in [1.807, 2.05) is 6.92 Å². The van der Waals surface area contributed by atoms with Crippen molar-refractivity contribution in [3.8, 4) is 0 Å². The highest BCUT2D eigenvalue weighted by atomic mass is 32.2. The summed E-state index contributed by atoms with van der Waals surface area (Å²) in [6.45, 7) is 6.20. The lowest BCUT2D eigenvalue weighted by Crippen LogP contribution is -2.33. The molecule has 2 aromatic rings. The molecule has 1 unspecified atom stereocenters. The SMILES string of the molecule is CC(C)CCC(C)NC(=O)c1occc1CS(=O)(=O)c1ccccc1. The molecule has 136 valence electrons. The molecule has 0 bridgehead atoms. The third-order valence-corrected chi connectivity index (χ3v) is 5.64. The first kappa shape index (κ1) is 19.2. The molecule has 25 heavy (non-hydrogen) atoms. The van der Waals surface area contributed by atoms with Gasteiger partial charge in [0.15, 0.2) is 15.6 Å². The first-order valence-electron chi connectivity index (χ1n) is 8.44. The van der Waals surface area contributed by atoms with Crippen LogP contribution in [0.5, 0.6) is 0 Å². The second kappa shape index (κ2) is 8.34. The Labute approximate surface area is 149 Å². The van der Waals surface area contributed by atoms with Gasteiger partial charge in [0.25, 0.3) is 5.91 Å². The van der Waals surface area contributed by atoms with E-state index in [-0.39, 0.29) is 28.4 Å². The summed E-state index contributed by atoms with van der Waals surface area (Å²) < 4.78 is 30.3. The third-order valence-electron chi connectivity index (χ3n) is 3.96. The monoisotopic (exact) mass is 363 g/mol. The molecule has 0 saturated heterocycles. The van der Waals surface area contributed by atoms with Crippen LogP contribution in [0.4, 0.5) is 0 Å². The van der Waals surface area contributed by atoms with Gasteiger partial charge in [-0.15, -0.1) is 0 Å². The van der Waals surface area contributed by atoms with E-state index in [0.29, 0.717) is 11.5 Å². The second-order valence-corrected chi connectivity index (χ2v) is 8.68. The molecule has 0 aliphatic heterocycles.